The van der Waals surface area contributed by atoms with Crippen molar-refractivity contribution in [2.24, 2.45) is 16.7 Å². The number of hydrogen-bond donors (Lipinski definition) is 2. The molecule has 0 aromatic heterocycles. The van der Waals surface area contributed by atoms with E-state index in [9.17, 15) is 9.59 Å². The number of rotatable bonds is 2. The molecule has 0 bridgehead atoms. The van der Waals surface area contributed by atoms with Crippen molar-refractivity contribution < 1.29 is 9.59 Å². The van der Waals surface area contributed by atoms with E-state index in [1.807, 2.05) is 0 Å². The monoisotopic (exact) mass is 267 g/mol. The fourth-order valence-electron chi connectivity index (χ4n) is 3.13. The number of hydrogen-bond acceptors (Lipinski definition) is 3. The molecule has 1 aliphatic carbocycles. The third-order valence-corrected chi connectivity index (χ3v) is 5.38. The minimum atomic E-state index is -0.458. The van der Waals surface area contributed by atoms with Gasteiger partial charge in [-0.05, 0) is 16.7 Å². The summed E-state index contributed by atoms with van der Waals surface area (Å²) in [6, 6.07) is 0. The smallest absolute Gasteiger partial charge is 0.311 e. The molecule has 2 aliphatic rings. The molecule has 1 saturated heterocycles. The number of amides is 2. The van der Waals surface area contributed by atoms with Gasteiger partial charge >= 0.3 is 11.8 Å². The average Bonchev–Trinajstić information content (AvgIpc) is 2.77. The van der Waals surface area contributed by atoms with Crippen LogP contribution in [0.2, 0.25) is 0 Å². The lowest BCUT2D eigenvalue weighted by molar-refractivity contribution is -0.146. The third kappa shape index (κ3) is 2.48. The van der Waals surface area contributed by atoms with Crippen molar-refractivity contribution in [3.8, 4) is 0 Å². The average molecular weight is 267 g/mol. The predicted molar refractivity (Wildman–Crippen MR) is 73.5 cm³/mol. The van der Waals surface area contributed by atoms with E-state index in [1.54, 1.807) is 4.90 Å². The van der Waals surface area contributed by atoms with Crippen LogP contribution in [-0.2, 0) is 9.59 Å². The van der Waals surface area contributed by atoms with Crippen LogP contribution in [-0.4, -0.2) is 49.4 Å². The molecule has 0 aromatic carbocycles. The lowest BCUT2D eigenvalue weighted by Gasteiger charge is -2.26. The van der Waals surface area contributed by atoms with E-state index in [1.165, 1.54) is 0 Å². The van der Waals surface area contributed by atoms with Crippen molar-refractivity contribution in [1.82, 2.24) is 15.5 Å². The number of nitrogens with zero attached hydrogens (tertiary/aromatic N) is 1. The molecule has 1 saturated carbocycles. The molecule has 2 N–H and O–H groups in total. The first-order valence-corrected chi connectivity index (χ1v) is 7.06. The molecule has 5 nitrogen and oxygen atoms in total. The van der Waals surface area contributed by atoms with Gasteiger partial charge in [0.1, 0.15) is 0 Å². The molecule has 1 aliphatic heterocycles. The van der Waals surface area contributed by atoms with Gasteiger partial charge in [-0.3, -0.25) is 9.59 Å². The van der Waals surface area contributed by atoms with Crippen molar-refractivity contribution in [3.05, 3.63) is 0 Å². The van der Waals surface area contributed by atoms with Crippen LogP contribution in [0.3, 0.4) is 0 Å². The fraction of sp³-hybridized carbons (Fsp3) is 0.857. The van der Waals surface area contributed by atoms with Crippen molar-refractivity contribution >= 4 is 11.8 Å². The van der Waals surface area contributed by atoms with E-state index < -0.39 is 11.8 Å². The van der Waals surface area contributed by atoms with Gasteiger partial charge in [-0.1, -0.05) is 27.7 Å². The molecule has 5 heteroatoms. The van der Waals surface area contributed by atoms with Crippen molar-refractivity contribution in [2.75, 3.05) is 32.7 Å². The minimum Gasteiger partial charge on any atom is -0.348 e. The zero-order valence-corrected chi connectivity index (χ0v) is 12.4. The molecule has 2 amide bonds. The highest BCUT2D eigenvalue weighted by molar-refractivity contribution is 6.35. The first kappa shape index (κ1) is 14.3. The Kier molecular flexibility index (Phi) is 3.60. The van der Waals surface area contributed by atoms with Crippen molar-refractivity contribution in [3.63, 3.8) is 0 Å². The summed E-state index contributed by atoms with van der Waals surface area (Å²) >= 11 is 0. The molecule has 0 aromatic rings. The molecular formula is C14H25N3O2. The van der Waals surface area contributed by atoms with Crippen molar-refractivity contribution in [1.29, 1.82) is 0 Å². The number of piperazine rings is 1. The summed E-state index contributed by atoms with van der Waals surface area (Å²) in [7, 11) is 0. The summed E-state index contributed by atoms with van der Waals surface area (Å²) in [5.74, 6) is -0.405. The summed E-state index contributed by atoms with van der Waals surface area (Å²) in [4.78, 5) is 25.4. The highest BCUT2D eigenvalue weighted by Crippen LogP contribution is 2.67. The second kappa shape index (κ2) is 4.78. The first-order chi connectivity index (χ1) is 8.78. The Balaban J connectivity index is 1.80. The second-order valence-corrected chi connectivity index (χ2v) is 6.75. The number of nitrogens with one attached hydrogen (secondary N) is 2. The Morgan fingerprint density at radius 2 is 1.68 bits per heavy atom. The quantitative estimate of drug-likeness (QED) is 0.704. The highest BCUT2D eigenvalue weighted by Gasteiger charge is 2.64. The van der Waals surface area contributed by atoms with Crippen LogP contribution in [0.15, 0.2) is 0 Å². The maximum atomic E-state index is 11.9. The standard InChI is InChI=1S/C14H25N3O2/c1-13(2)10(14(13,3)4)9-16-11(18)12(19)17-7-5-15-6-8-17/h10,15H,5-9H2,1-4H3,(H,16,18). The zero-order chi connectivity index (χ0) is 14.3. The van der Waals surface area contributed by atoms with Crippen LogP contribution in [0.5, 0.6) is 0 Å². The predicted octanol–water partition coefficient (Wildman–Crippen LogP) is 0.217. The van der Waals surface area contributed by atoms with E-state index in [0.717, 1.165) is 13.1 Å². The molecule has 19 heavy (non-hydrogen) atoms. The Morgan fingerprint density at radius 3 is 2.16 bits per heavy atom. The Labute approximate surface area is 115 Å². The Hall–Kier alpha value is -1.10. The lowest BCUT2D eigenvalue weighted by Crippen LogP contribution is -2.51. The van der Waals surface area contributed by atoms with Crippen LogP contribution < -0.4 is 10.6 Å². The second-order valence-electron chi connectivity index (χ2n) is 6.75. The first-order valence-electron chi connectivity index (χ1n) is 7.06. The normalized spacial score (nSPS) is 24.9. The van der Waals surface area contributed by atoms with Crippen LogP contribution >= 0.6 is 0 Å². The van der Waals surface area contributed by atoms with Crippen LogP contribution in [0.1, 0.15) is 27.7 Å². The largest absolute Gasteiger partial charge is 0.348 e. The van der Waals surface area contributed by atoms with Gasteiger partial charge in [0.05, 0.1) is 0 Å². The van der Waals surface area contributed by atoms with Gasteiger partial charge in [0.25, 0.3) is 0 Å². The number of carbonyl (C=O) groups excluding carboxylic acids is 2. The van der Waals surface area contributed by atoms with Gasteiger partial charge in [0.2, 0.25) is 0 Å². The van der Waals surface area contributed by atoms with Gasteiger partial charge in [-0.15, -0.1) is 0 Å². The minimum absolute atomic E-state index is 0.234. The summed E-state index contributed by atoms with van der Waals surface area (Å²) in [6.45, 7) is 12.2. The summed E-state index contributed by atoms with van der Waals surface area (Å²) in [5, 5.41) is 5.97. The summed E-state index contributed by atoms with van der Waals surface area (Å²) in [6.07, 6.45) is 0. The molecule has 0 radical (unpaired) electrons. The molecule has 0 spiro atoms. The number of carbonyl (C=O) groups is 2. The highest BCUT2D eigenvalue weighted by atomic mass is 16.2. The molecule has 2 rings (SSSR count). The van der Waals surface area contributed by atoms with E-state index in [4.69, 9.17) is 0 Å². The topological polar surface area (TPSA) is 61.4 Å². The van der Waals surface area contributed by atoms with E-state index in [-0.39, 0.29) is 10.8 Å². The molecule has 0 atom stereocenters. The SMILES string of the molecule is CC1(C)C(CNC(=O)C(=O)N2CCNCC2)C1(C)C. The molecule has 108 valence electrons. The maximum Gasteiger partial charge on any atom is 0.311 e. The van der Waals surface area contributed by atoms with E-state index in [0.29, 0.717) is 25.6 Å². The summed E-state index contributed by atoms with van der Waals surface area (Å²) in [5.41, 5.74) is 0.469. The van der Waals surface area contributed by atoms with E-state index >= 15 is 0 Å². The third-order valence-electron chi connectivity index (χ3n) is 5.38. The Bertz CT molecular complexity index is 370. The van der Waals surface area contributed by atoms with Gasteiger partial charge in [-0.25, -0.2) is 0 Å². The van der Waals surface area contributed by atoms with Crippen molar-refractivity contribution in [2.45, 2.75) is 27.7 Å². The van der Waals surface area contributed by atoms with Gasteiger partial charge in [0, 0.05) is 32.7 Å². The molecule has 1 heterocycles. The van der Waals surface area contributed by atoms with Gasteiger partial charge in [0.15, 0.2) is 0 Å². The molecular weight excluding hydrogens is 242 g/mol. The fourth-order valence-corrected chi connectivity index (χ4v) is 3.13. The lowest BCUT2D eigenvalue weighted by atomic mass is 10.0. The van der Waals surface area contributed by atoms with Crippen LogP contribution in [0.4, 0.5) is 0 Å². The molecule has 2 fully saturated rings. The summed E-state index contributed by atoms with van der Waals surface area (Å²) < 4.78 is 0. The van der Waals surface area contributed by atoms with E-state index in [2.05, 4.69) is 38.3 Å². The Morgan fingerprint density at radius 1 is 1.16 bits per heavy atom. The van der Waals surface area contributed by atoms with Gasteiger partial charge in [-0.2, -0.15) is 0 Å². The molecule has 0 unspecified atom stereocenters. The van der Waals surface area contributed by atoms with Crippen LogP contribution in [0.25, 0.3) is 0 Å². The van der Waals surface area contributed by atoms with Gasteiger partial charge < -0.3 is 15.5 Å². The zero-order valence-electron chi connectivity index (χ0n) is 12.4. The maximum absolute atomic E-state index is 11.9. The van der Waals surface area contributed by atoms with Crippen LogP contribution in [0, 0.1) is 16.7 Å².